The van der Waals surface area contributed by atoms with Crippen LogP contribution in [0.3, 0.4) is 0 Å². The Hall–Kier alpha value is -1.90. The van der Waals surface area contributed by atoms with E-state index in [2.05, 4.69) is 95.3 Å². The van der Waals surface area contributed by atoms with Gasteiger partial charge in [0.05, 0.1) is 0 Å². The van der Waals surface area contributed by atoms with Crippen molar-refractivity contribution in [3.63, 3.8) is 0 Å². The van der Waals surface area contributed by atoms with Crippen LogP contribution in [0, 0.1) is 19.8 Å². The van der Waals surface area contributed by atoms with Crippen molar-refractivity contribution in [2.24, 2.45) is 5.92 Å². The highest BCUT2D eigenvalue weighted by Gasteiger charge is 2.27. The molecule has 0 fully saturated rings. The summed E-state index contributed by atoms with van der Waals surface area (Å²) in [7, 11) is 2.22. The summed E-state index contributed by atoms with van der Waals surface area (Å²) in [4.78, 5) is 3.82. The average Bonchev–Trinajstić information content (AvgIpc) is 3.25. The molecule has 0 N–H and O–H groups in total. The van der Waals surface area contributed by atoms with Crippen molar-refractivity contribution >= 4 is 11.3 Å². The highest BCUT2D eigenvalue weighted by Crippen LogP contribution is 2.39. The van der Waals surface area contributed by atoms with Gasteiger partial charge in [-0.2, -0.15) is 0 Å². The summed E-state index contributed by atoms with van der Waals surface area (Å²) in [6.45, 7) is 16.3. The van der Waals surface area contributed by atoms with E-state index in [0.717, 1.165) is 25.9 Å². The molecule has 1 aromatic heterocycles. The Balaban J connectivity index is 1.49. The summed E-state index contributed by atoms with van der Waals surface area (Å²) >= 11 is 1.90. The van der Waals surface area contributed by atoms with E-state index in [9.17, 15) is 0 Å². The van der Waals surface area contributed by atoms with Gasteiger partial charge in [-0.1, -0.05) is 58.0 Å². The first-order valence-corrected chi connectivity index (χ1v) is 14.0. The molecule has 0 unspecified atom stereocenters. The zero-order valence-corrected chi connectivity index (χ0v) is 23.2. The van der Waals surface area contributed by atoms with Gasteiger partial charge >= 0.3 is 0 Å². The van der Waals surface area contributed by atoms with Crippen molar-refractivity contribution in [3.8, 4) is 10.4 Å². The summed E-state index contributed by atoms with van der Waals surface area (Å²) in [5.74, 6) is 0.676. The van der Waals surface area contributed by atoms with Gasteiger partial charge in [-0.25, -0.2) is 0 Å². The van der Waals surface area contributed by atoms with E-state index in [1.807, 2.05) is 11.3 Å². The van der Waals surface area contributed by atoms with Crippen molar-refractivity contribution in [2.45, 2.75) is 79.1 Å². The minimum atomic E-state index is 0.317. The van der Waals surface area contributed by atoms with Gasteiger partial charge in [0.25, 0.3) is 0 Å². The van der Waals surface area contributed by atoms with Gasteiger partial charge in [-0.05, 0) is 127 Å². The standard InChI is InChI=1S/C32H43NS/c1-8-33(7)20-22(2)14-28-15-24(4)29(16-23(28)3)17-25-18-31(34-21-25)27-11-12-30-26(19-27)10-9-13-32(30,5)6/h11-12,15-16,18-19,21-22H,8-10,13-14,17,20H2,1-7H3/t22-/m1/s1. The maximum atomic E-state index is 2.47. The normalized spacial score (nSPS) is 16.0. The lowest BCUT2D eigenvalue weighted by atomic mass is 9.72. The third-order valence-corrected chi connectivity index (χ3v) is 8.97. The Labute approximate surface area is 212 Å². The predicted molar refractivity (Wildman–Crippen MR) is 150 cm³/mol. The minimum Gasteiger partial charge on any atom is -0.306 e. The number of aryl methyl sites for hydroxylation is 3. The molecule has 182 valence electrons. The minimum absolute atomic E-state index is 0.317. The largest absolute Gasteiger partial charge is 0.306 e. The van der Waals surface area contributed by atoms with Gasteiger partial charge in [0, 0.05) is 11.4 Å². The molecule has 34 heavy (non-hydrogen) atoms. The molecule has 3 aromatic rings. The highest BCUT2D eigenvalue weighted by atomic mass is 32.1. The lowest BCUT2D eigenvalue weighted by molar-refractivity contribution is 0.298. The maximum absolute atomic E-state index is 2.47. The summed E-state index contributed by atoms with van der Waals surface area (Å²) in [5.41, 5.74) is 12.1. The first-order chi connectivity index (χ1) is 16.2. The summed E-state index contributed by atoms with van der Waals surface area (Å²) in [6, 6.07) is 14.5. The van der Waals surface area contributed by atoms with E-state index in [4.69, 9.17) is 0 Å². The molecule has 2 aromatic carbocycles. The highest BCUT2D eigenvalue weighted by molar-refractivity contribution is 7.13. The number of thiophene rings is 1. The summed E-state index contributed by atoms with van der Waals surface area (Å²) < 4.78 is 0. The summed E-state index contributed by atoms with van der Waals surface area (Å²) in [6.07, 6.45) is 6.02. The van der Waals surface area contributed by atoms with Crippen LogP contribution >= 0.6 is 11.3 Å². The summed E-state index contributed by atoms with van der Waals surface area (Å²) in [5, 5.41) is 2.37. The van der Waals surface area contributed by atoms with Crippen LogP contribution in [0.4, 0.5) is 0 Å². The Morgan fingerprint density at radius 3 is 2.53 bits per heavy atom. The molecule has 0 radical (unpaired) electrons. The fourth-order valence-electron chi connectivity index (χ4n) is 5.76. The Morgan fingerprint density at radius 1 is 1.03 bits per heavy atom. The van der Waals surface area contributed by atoms with Crippen LogP contribution in [-0.4, -0.2) is 25.0 Å². The second kappa shape index (κ2) is 10.4. The van der Waals surface area contributed by atoms with Crippen LogP contribution in [0.1, 0.15) is 79.5 Å². The topological polar surface area (TPSA) is 3.24 Å². The van der Waals surface area contributed by atoms with E-state index in [1.54, 1.807) is 11.1 Å². The first kappa shape index (κ1) is 25.2. The molecule has 1 aliphatic rings. The van der Waals surface area contributed by atoms with Crippen molar-refractivity contribution in [2.75, 3.05) is 20.1 Å². The lowest BCUT2D eigenvalue weighted by Crippen LogP contribution is -2.25. The van der Waals surface area contributed by atoms with Crippen LogP contribution < -0.4 is 0 Å². The van der Waals surface area contributed by atoms with Crippen LogP contribution in [0.15, 0.2) is 41.8 Å². The van der Waals surface area contributed by atoms with Crippen LogP contribution in [0.25, 0.3) is 10.4 Å². The molecule has 4 rings (SSSR count). The van der Waals surface area contributed by atoms with E-state index in [1.165, 1.54) is 57.5 Å². The monoisotopic (exact) mass is 473 g/mol. The molecule has 0 aliphatic heterocycles. The van der Waals surface area contributed by atoms with Gasteiger partial charge < -0.3 is 4.90 Å². The number of hydrogen-bond acceptors (Lipinski definition) is 2. The fraction of sp³-hybridized carbons (Fsp3) is 0.500. The second-order valence-corrected chi connectivity index (χ2v) is 12.4. The van der Waals surface area contributed by atoms with Crippen molar-refractivity contribution in [1.29, 1.82) is 0 Å². The molecule has 0 saturated carbocycles. The van der Waals surface area contributed by atoms with E-state index in [0.29, 0.717) is 11.3 Å². The number of rotatable bonds is 8. The van der Waals surface area contributed by atoms with Crippen LogP contribution in [0.5, 0.6) is 0 Å². The van der Waals surface area contributed by atoms with Gasteiger partial charge in [-0.15, -0.1) is 11.3 Å². The molecular formula is C32H43NS. The quantitative estimate of drug-likeness (QED) is 0.317. The first-order valence-electron chi connectivity index (χ1n) is 13.1. The third kappa shape index (κ3) is 5.66. The molecule has 1 atom stereocenters. The molecular weight excluding hydrogens is 430 g/mol. The van der Waals surface area contributed by atoms with Gasteiger partial charge in [0.15, 0.2) is 0 Å². The molecule has 2 heteroatoms. The maximum Gasteiger partial charge on any atom is 0.0345 e. The van der Waals surface area contributed by atoms with Gasteiger partial charge in [-0.3, -0.25) is 0 Å². The fourth-order valence-corrected chi connectivity index (χ4v) is 6.67. The number of nitrogens with zero attached hydrogens (tertiary/aromatic N) is 1. The molecule has 1 aliphatic carbocycles. The SMILES string of the molecule is CCN(C)C[C@H](C)Cc1cc(C)c(Cc2csc(-c3ccc4c(c3)CCCC4(C)C)c2)cc1C. The third-order valence-electron chi connectivity index (χ3n) is 7.94. The Kier molecular flexibility index (Phi) is 7.69. The van der Waals surface area contributed by atoms with Crippen molar-refractivity contribution in [3.05, 3.63) is 80.7 Å². The number of benzene rings is 2. The van der Waals surface area contributed by atoms with E-state index < -0.39 is 0 Å². The smallest absolute Gasteiger partial charge is 0.0345 e. The molecule has 0 amide bonds. The Bertz CT molecular complexity index is 1140. The van der Waals surface area contributed by atoms with Crippen LogP contribution in [0.2, 0.25) is 0 Å². The number of fused-ring (bicyclic) bond motifs is 1. The van der Waals surface area contributed by atoms with E-state index >= 15 is 0 Å². The molecule has 0 bridgehead atoms. The van der Waals surface area contributed by atoms with Gasteiger partial charge in [0.1, 0.15) is 0 Å². The zero-order chi connectivity index (χ0) is 24.5. The molecule has 0 spiro atoms. The van der Waals surface area contributed by atoms with Gasteiger partial charge in [0.2, 0.25) is 0 Å². The second-order valence-electron chi connectivity index (χ2n) is 11.5. The van der Waals surface area contributed by atoms with Crippen molar-refractivity contribution in [1.82, 2.24) is 4.90 Å². The predicted octanol–water partition coefficient (Wildman–Crippen LogP) is 8.37. The lowest BCUT2D eigenvalue weighted by Gasteiger charge is -2.32. The van der Waals surface area contributed by atoms with Crippen molar-refractivity contribution < 1.29 is 0 Å². The zero-order valence-electron chi connectivity index (χ0n) is 22.4. The molecule has 1 nitrogen and oxygen atoms in total. The van der Waals surface area contributed by atoms with Crippen LogP contribution in [-0.2, 0) is 24.7 Å². The molecule has 1 heterocycles. The number of hydrogen-bond donors (Lipinski definition) is 0. The Morgan fingerprint density at radius 2 is 1.76 bits per heavy atom. The average molecular weight is 474 g/mol. The van der Waals surface area contributed by atoms with E-state index in [-0.39, 0.29) is 0 Å². The molecule has 0 saturated heterocycles.